The summed E-state index contributed by atoms with van der Waals surface area (Å²) in [5, 5.41) is 16.9. The molecule has 0 aromatic heterocycles. The van der Waals surface area contributed by atoms with Crippen LogP contribution in [-0.4, -0.2) is 42.9 Å². The number of hydrogen-bond donors (Lipinski definition) is 3. The van der Waals surface area contributed by atoms with Gasteiger partial charge >= 0.3 is 0 Å². The van der Waals surface area contributed by atoms with Gasteiger partial charge in [-0.05, 0) is 68.1 Å². The first kappa shape index (κ1) is 21.0. The third kappa shape index (κ3) is 4.00. The van der Waals surface area contributed by atoms with Crippen molar-refractivity contribution in [2.75, 3.05) is 31.6 Å². The van der Waals surface area contributed by atoms with Gasteiger partial charge in [0, 0.05) is 18.2 Å². The van der Waals surface area contributed by atoms with Gasteiger partial charge in [0.15, 0.2) is 0 Å². The van der Waals surface area contributed by atoms with Crippen LogP contribution in [0.2, 0.25) is 0 Å². The number of anilines is 1. The Morgan fingerprint density at radius 2 is 1.83 bits per heavy atom. The Balaban J connectivity index is 1.54. The van der Waals surface area contributed by atoms with Crippen molar-refractivity contribution in [3.63, 3.8) is 0 Å². The normalized spacial score (nSPS) is 23.5. The van der Waals surface area contributed by atoms with Crippen molar-refractivity contribution in [2.45, 2.75) is 37.2 Å². The maximum Gasteiger partial charge on any atom is 0.239 e. The second kappa shape index (κ2) is 8.10. The highest BCUT2D eigenvalue weighted by atomic mass is 19.1. The highest BCUT2D eigenvalue weighted by Gasteiger charge is 2.47. The third-order valence-corrected chi connectivity index (χ3v) is 6.51. The minimum Gasteiger partial charge on any atom is -0.390 e. The number of benzene rings is 2. The van der Waals surface area contributed by atoms with Crippen molar-refractivity contribution in [1.82, 2.24) is 5.32 Å². The Morgan fingerprint density at radius 1 is 1.17 bits per heavy atom. The van der Waals surface area contributed by atoms with Gasteiger partial charge in [0.25, 0.3) is 0 Å². The molecular weight excluding hydrogens is 383 g/mol. The molecule has 160 valence electrons. The number of rotatable bonds is 5. The average Bonchev–Trinajstić information content (AvgIpc) is 2.69. The zero-order chi connectivity index (χ0) is 21.4. The number of nitrogens with one attached hydrogen (secondary N) is 2. The van der Waals surface area contributed by atoms with Crippen LogP contribution in [0.25, 0.3) is 0 Å². The molecule has 0 saturated carbocycles. The maximum absolute atomic E-state index is 13.1. The van der Waals surface area contributed by atoms with E-state index in [-0.39, 0.29) is 23.6 Å². The van der Waals surface area contributed by atoms with Crippen molar-refractivity contribution in [3.8, 4) is 0 Å². The summed E-state index contributed by atoms with van der Waals surface area (Å²) in [4.78, 5) is 13.0. The largest absolute Gasteiger partial charge is 0.390 e. The van der Waals surface area contributed by atoms with E-state index >= 15 is 0 Å². The molecule has 0 spiro atoms. The molecule has 2 aliphatic heterocycles. The second-order valence-electron chi connectivity index (χ2n) is 9.02. The van der Waals surface area contributed by atoms with E-state index < -0.39 is 11.0 Å². The van der Waals surface area contributed by atoms with Gasteiger partial charge in [0.05, 0.1) is 18.8 Å². The van der Waals surface area contributed by atoms with Crippen LogP contribution >= 0.6 is 0 Å². The quantitative estimate of drug-likeness (QED) is 0.705. The van der Waals surface area contributed by atoms with Gasteiger partial charge in [-0.15, -0.1) is 0 Å². The predicted octanol–water partition coefficient (Wildman–Crippen LogP) is 3.20. The summed E-state index contributed by atoms with van der Waals surface area (Å²) in [6.45, 7) is 6.09. The Hall–Kier alpha value is -2.28. The summed E-state index contributed by atoms with van der Waals surface area (Å²) in [5.74, 6) is -0.0984. The van der Waals surface area contributed by atoms with Crippen molar-refractivity contribution in [2.24, 2.45) is 5.92 Å². The number of amides is 1. The van der Waals surface area contributed by atoms with Gasteiger partial charge in [-0.25, -0.2) is 4.39 Å². The molecule has 2 atom stereocenters. The summed E-state index contributed by atoms with van der Waals surface area (Å²) in [6, 6.07) is 13.9. The van der Waals surface area contributed by atoms with Crippen LogP contribution in [0.15, 0.2) is 48.5 Å². The van der Waals surface area contributed by atoms with Gasteiger partial charge in [-0.2, -0.15) is 0 Å². The Bertz CT molecular complexity index is 886. The summed E-state index contributed by atoms with van der Waals surface area (Å²) < 4.78 is 18.6. The van der Waals surface area contributed by atoms with Crippen molar-refractivity contribution in [1.29, 1.82) is 0 Å². The SMILES string of the molecule is CC(C)(O)C1CNCCC1c1ccc(C2(C(=O)Nc3ccc(F)cc3)COC2)cc1. The van der Waals surface area contributed by atoms with Crippen LogP contribution in [0.1, 0.15) is 37.3 Å². The highest BCUT2D eigenvalue weighted by molar-refractivity contribution is 6.00. The van der Waals surface area contributed by atoms with E-state index in [2.05, 4.69) is 22.8 Å². The number of carbonyl (C=O) groups is 1. The van der Waals surface area contributed by atoms with Crippen LogP contribution in [0.3, 0.4) is 0 Å². The fourth-order valence-corrected chi connectivity index (χ4v) is 4.57. The molecule has 0 aliphatic carbocycles. The monoisotopic (exact) mass is 412 g/mol. The fourth-order valence-electron chi connectivity index (χ4n) is 4.57. The highest BCUT2D eigenvalue weighted by Crippen LogP contribution is 2.39. The molecule has 5 nitrogen and oxygen atoms in total. The lowest BCUT2D eigenvalue weighted by Gasteiger charge is -2.41. The van der Waals surface area contributed by atoms with Crippen LogP contribution in [0, 0.1) is 11.7 Å². The summed E-state index contributed by atoms with van der Waals surface area (Å²) in [6.07, 6.45) is 0.966. The molecule has 2 aromatic carbocycles. The smallest absolute Gasteiger partial charge is 0.239 e. The topological polar surface area (TPSA) is 70.6 Å². The van der Waals surface area contributed by atoms with Gasteiger partial charge in [-0.1, -0.05) is 24.3 Å². The molecule has 1 amide bonds. The van der Waals surface area contributed by atoms with E-state index in [9.17, 15) is 14.3 Å². The summed E-state index contributed by atoms with van der Waals surface area (Å²) in [5.41, 5.74) is 1.14. The van der Waals surface area contributed by atoms with Crippen LogP contribution in [0.4, 0.5) is 10.1 Å². The standard InChI is InChI=1S/C24H29FN2O3/c1-23(2,29)21-13-26-12-11-20(21)16-3-5-17(6-4-16)24(14-30-15-24)22(28)27-19-9-7-18(25)8-10-19/h3-10,20-21,26,29H,11-15H2,1-2H3,(H,27,28). The molecule has 2 aliphatic rings. The molecule has 0 radical (unpaired) electrons. The number of ether oxygens (including phenoxy) is 1. The van der Waals surface area contributed by atoms with Crippen LogP contribution < -0.4 is 10.6 Å². The van der Waals surface area contributed by atoms with Crippen molar-refractivity contribution >= 4 is 11.6 Å². The van der Waals surface area contributed by atoms with Crippen LogP contribution in [-0.2, 0) is 14.9 Å². The van der Waals surface area contributed by atoms with E-state index in [4.69, 9.17) is 4.74 Å². The molecule has 4 rings (SSSR count). The number of carbonyl (C=O) groups excluding carboxylic acids is 1. The number of halogens is 1. The first-order valence-corrected chi connectivity index (χ1v) is 10.5. The van der Waals surface area contributed by atoms with E-state index in [1.165, 1.54) is 17.7 Å². The lowest BCUT2D eigenvalue weighted by atomic mass is 9.72. The number of hydrogen-bond acceptors (Lipinski definition) is 4. The molecule has 2 unspecified atom stereocenters. The van der Waals surface area contributed by atoms with E-state index in [1.54, 1.807) is 12.1 Å². The molecule has 3 N–H and O–H groups in total. The van der Waals surface area contributed by atoms with E-state index in [0.29, 0.717) is 18.9 Å². The molecule has 2 fully saturated rings. The first-order valence-electron chi connectivity index (χ1n) is 10.5. The molecule has 0 bridgehead atoms. The summed E-state index contributed by atoms with van der Waals surface area (Å²) in [7, 11) is 0. The second-order valence-corrected chi connectivity index (χ2v) is 9.02. The minimum absolute atomic E-state index is 0.125. The van der Waals surface area contributed by atoms with Crippen molar-refractivity contribution in [3.05, 3.63) is 65.5 Å². The molecule has 30 heavy (non-hydrogen) atoms. The third-order valence-electron chi connectivity index (χ3n) is 6.51. The predicted molar refractivity (Wildman–Crippen MR) is 114 cm³/mol. The Labute approximate surface area is 176 Å². The Morgan fingerprint density at radius 3 is 2.40 bits per heavy atom. The van der Waals surface area contributed by atoms with Gasteiger partial charge in [-0.3, -0.25) is 4.79 Å². The zero-order valence-corrected chi connectivity index (χ0v) is 17.5. The zero-order valence-electron chi connectivity index (χ0n) is 17.5. The average molecular weight is 413 g/mol. The minimum atomic E-state index is -0.769. The number of piperidine rings is 1. The molecule has 6 heteroatoms. The first-order chi connectivity index (χ1) is 14.3. The van der Waals surface area contributed by atoms with Gasteiger partial charge in [0.1, 0.15) is 11.2 Å². The Kier molecular flexibility index (Phi) is 5.66. The van der Waals surface area contributed by atoms with E-state index in [0.717, 1.165) is 25.1 Å². The maximum atomic E-state index is 13.1. The van der Waals surface area contributed by atoms with Gasteiger partial charge < -0.3 is 20.5 Å². The van der Waals surface area contributed by atoms with Crippen LogP contribution in [0.5, 0.6) is 0 Å². The number of aliphatic hydroxyl groups is 1. The molecule has 2 saturated heterocycles. The fraction of sp³-hybridized carbons (Fsp3) is 0.458. The lowest BCUT2D eigenvalue weighted by Crippen LogP contribution is -2.55. The van der Waals surface area contributed by atoms with E-state index in [1.807, 2.05) is 26.0 Å². The van der Waals surface area contributed by atoms with Crippen molar-refractivity contribution < 1.29 is 19.0 Å². The lowest BCUT2D eigenvalue weighted by molar-refractivity contribution is -0.139. The molecule has 2 heterocycles. The molecular formula is C24H29FN2O3. The molecule has 2 aromatic rings. The summed E-state index contributed by atoms with van der Waals surface area (Å²) >= 11 is 0. The van der Waals surface area contributed by atoms with Gasteiger partial charge in [0.2, 0.25) is 5.91 Å².